The van der Waals surface area contributed by atoms with Crippen LogP contribution in [0, 0.1) is 0 Å². The second-order valence-corrected chi connectivity index (χ2v) is 9.38. The largest absolute Gasteiger partial charge is 0.444 e. The first-order valence-electron chi connectivity index (χ1n) is 9.22. The van der Waals surface area contributed by atoms with E-state index in [1.165, 1.54) is 24.3 Å². The number of ketones is 1. The third-order valence-electron chi connectivity index (χ3n) is 4.28. The van der Waals surface area contributed by atoms with E-state index in [0.29, 0.717) is 0 Å². The topological polar surface area (TPSA) is 68.7 Å². The number of benzene rings is 1. The van der Waals surface area contributed by atoms with Crippen LogP contribution in [0.15, 0.2) is 36.4 Å². The average Bonchev–Trinajstić information content (AvgIpc) is 3.08. The number of carbonyl (C=O) groups is 2. The summed E-state index contributed by atoms with van der Waals surface area (Å²) in [5.74, 6) is -0.100. The molecule has 1 aliphatic heterocycles. The van der Waals surface area contributed by atoms with E-state index < -0.39 is 29.6 Å². The summed E-state index contributed by atoms with van der Waals surface area (Å²) in [6.07, 6.45) is 2.19. The monoisotopic (exact) mass is 402 g/mol. The molecule has 1 unspecified atom stereocenters. The number of allylic oxidation sites excluding steroid dienone is 1. The molecule has 0 radical (unpaired) electrons. The maximum absolute atomic E-state index is 13.0. The lowest BCUT2D eigenvalue weighted by atomic mass is 10.1. The maximum Gasteiger partial charge on any atom is 0.413 e. The molecule has 1 aromatic carbocycles. The number of rotatable bonds is 3. The second-order valence-electron chi connectivity index (χ2n) is 8.32. The van der Waals surface area contributed by atoms with Crippen molar-refractivity contribution in [3.8, 4) is 0 Å². The highest BCUT2D eigenvalue weighted by Crippen LogP contribution is 2.44. The van der Waals surface area contributed by atoms with Crippen LogP contribution < -0.4 is 0 Å². The van der Waals surface area contributed by atoms with E-state index in [1.54, 1.807) is 11.0 Å². The highest BCUT2D eigenvalue weighted by atomic mass is 32.1. The fourth-order valence-corrected chi connectivity index (χ4v) is 4.25. The Labute approximate surface area is 169 Å². The Morgan fingerprint density at radius 2 is 1.96 bits per heavy atom. The Hall–Kier alpha value is -2.25. The van der Waals surface area contributed by atoms with Gasteiger partial charge in [0.15, 0.2) is 5.78 Å². The van der Waals surface area contributed by atoms with Gasteiger partial charge in [-0.05, 0) is 59.8 Å². The van der Waals surface area contributed by atoms with Crippen molar-refractivity contribution in [3.05, 3.63) is 41.4 Å². The van der Waals surface area contributed by atoms with E-state index in [1.807, 2.05) is 58.9 Å². The molecule has 1 aromatic heterocycles. The molecule has 0 bridgehead atoms. The first-order chi connectivity index (χ1) is 13.0. The highest BCUT2D eigenvalue weighted by Gasteiger charge is 2.51. The number of carbonyl (C=O) groups excluding carboxylic acids is 2. The Kier molecular flexibility index (Phi) is 5.34. The molecule has 2 atom stereocenters. The maximum atomic E-state index is 13.0. The van der Waals surface area contributed by atoms with E-state index in [9.17, 15) is 9.59 Å². The van der Waals surface area contributed by atoms with E-state index in [-0.39, 0.29) is 5.78 Å². The van der Waals surface area contributed by atoms with Crippen LogP contribution in [-0.4, -0.2) is 39.1 Å². The van der Waals surface area contributed by atoms with Gasteiger partial charge in [0.2, 0.25) is 0 Å². The van der Waals surface area contributed by atoms with Crippen molar-refractivity contribution >= 4 is 33.4 Å². The molecule has 0 spiro atoms. The van der Waals surface area contributed by atoms with Crippen LogP contribution in [0.4, 0.5) is 4.79 Å². The number of thiazole rings is 1. The predicted octanol–water partition coefficient (Wildman–Crippen LogP) is 4.85. The molecule has 0 saturated carbocycles. The number of amides is 1. The van der Waals surface area contributed by atoms with E-state index in [4.69, 9.17) is 14.5 Å². The smallest absolute Gasteiger partial charge is 0.413 e. The van der Waals surface area contributed by atoms with Crippen LogP contribution in [0.1, 0.15) is 52.7 Å². The summed E-state index contributed by atoms with van der Waals surface area (Å²) in [4.78, 5) is 30.8. The van der Waals surface area contributed by atoms with Crippen molar-refractivity contribution < 1.29 is 19.1 Å². The number of aromatic nitrogens is 1. The third kappa shape index (κ3) is 4.25. The molecule has 28 heavy (non-hydrogen) atoms. The van der Waals surface area contributed by atoms with Gasteiger partial charge >= 0.3 is 6.09 Å². The first kappa shape index (κ1) is 20.5. The minimum absolute atomic E-state index is 0.100. The Bertz CT molecular complexity index is 893. The van der Waals surface area contributed by atoms with Crippen LogP contribution in [0.2, 0.25) is 0 Å². The minimum atomic E-state index is -0.920. The summed E-state index contributed by atoms with van der Waals surface area (Å²) >= 11 is 1.53. The molecule has 0 N–H and O–H groups in total. The fraction of sp³-hybridized carbons (Fsp3) is 0.476. The zero-order chi connectivity index (χ0) is 20.7. The van der Waals surface area contributed by atoms with Crippen LogP contribution in [0.25, 0.3) is 10.2 Å². The normalized spacial score (nSPS) is 22.1. The van der Waals surface area contributed by atoms with Gasteiger partial charge in [0.25, 0.3) is 0 Å². The number of nitrogens with zero attached hydrogens (tertiary/aromatic N) is 2. The summed E-state index contributed by atoms with van der Waals surface area (Å²) in [6, 6.07) is 7.34. The number of para-hydroxylation sites is 1. The van der Waals surface area contributed by atoms with Crippen molar-refractivity contribution in [3.63, 3.8) is 0 Å². The summed E-state index contributed by atoms with van der Waals surface area (Å²) in [6.45, 7) is 10.6. The molecule has 2 aromatic rings. The molecule has 1 amide bonds. The third-order valence-corrected chi connectivity index (χ3v) is 5.37. The van der Waals surface area contributed by atoms with E-state index in [2.05, 4.69) is 0 Å². The molecule has 1 saturated heterocycles. The first-order valence-corrected chi connectivity index (χ1v) is 10.0. The lowest BCUT2D eigenvalue weighted by Gasteiger charge is -2.34. The molecule has 2 heterocycles. The predicted molar refractivity (Wildman–Crippen MR) is 109 cm³/mol. The Morgan fingerprint density at radius 1 is 1.29 bits per heavy atom. The summed E-state index contributed by atoms with van der Waals surface area (Å²) < 4.78 is 12.9. The molecule has 150 valence electrons. The van der Waals surface area contributed by atoms with Gasteiger partial charge in [-0.1, -0.05) is 18.2 Å². The number of fused-ring (bicyclic) bond motifs is 1. The number of ether oxygens (including phenoxy) is 2. The van der Waals surface area contributed by atoms with Crippen LogP contribution in [0.3, 0.4) is 0 Å². The van der Waals surface area contributed by atoms with E-state index >= 15 is 0 Å². The SMILES string of the molecule is CC(=O)/C=C/[C@H]1C(c2nc3ccccc3s2)OC(C)(C)N1C(=O)OC(C)(C)C. The summed E-state index contributed by atoms with van der Waals surface area (Å²) in [5.41, 5.74) is -0.680. The lowest BCUT2D eigenvalue weighted by Crippen LogP contribution is -2.49. The second kappa shape index (κ2) is 7.29. The van der Waals surface area contributed by atoms with Gasteiger partial charge in [-0.25, -0.2) is 9.78 Å². The molecule has 3 rings (SSSR count). The van der Waals surface area contributed by atoms with Crippen molar-refractivity contribution in [2.75, 3.05) is 0 Å². The fourth-order valence-electron chi connectivity index (χ4n) is 3.21. The summed E-state index contributed by atoms with van der Waals surface area (Å²) in [7, 11) is 0. The molecular weight excluding hydrogens is 376 g/mol. The van der Waals surface area contributed by atoms with Crippen molar-refractivity contribution in [1.29, 1.82) is 0 Å². The van der Waals surface area contributed by atoms with Gasteiger partial charge in [0.05, 0.1) is 16.3 Å². The number of hydrogen-bond donors (Lipinski definition) is 0. The molecule has 1 fully saturated rings. The Balaban J connectivity index is 2.03. The van der Waals surface area contributed by atoms with Crippen LogP contribution >= 0.6 is 11.3 Å². The zero-order valence-electron chi connectivity index (χ0n) is 17.1. The molecule has 6 nitrogen and oxygen atoms in total. The zero-order valence-corrected chi connectivity index (χ0v) is 17.9. The van der Waals surface area contributed by atoms with Gasteiger partial charge in [0.1, 0.15) is 22.4 Å². The van der Waals surface area contributed by atoms with Gasteiger partial charge in [0, 0.05) is 0 Å². The lowest BCUT2D eigenvalue weighted by molar-refractivity contribution is -0.112. The standard InChI is InChI=1S/C21H26N2O4S/c1-13(24)11-12-15-17(18-22-14-9-7-8-10-16(14)28-18)26-21(5,6)23(15)19(25)27-20(2,3)4/h7-12,15,17H,1-6H3/b12-11+/t15-,17?/m0/s1. The van der Waals surface area contributed by atoms with E-state index in [0.717, 1.165) is 15.2 Å². The van der Waals surface area contributed by atoms with Gasteiger partial charge in [-0.3, -0.25) is 9.69 Å². The average molecular weight is 403 g/mol. The van der Waals surface area contributed by atoms with Crippen molar-refractivity contribution in [1.82, 2.24) is 9.88 Å². The Morgan fingerprint density at radius 3 is 2.57 bits per heavy atom. The van der Waals surface area contributed by atoms with Gasteiger partial charge in [-0.15, -0.1) is 11.3 Å². The highest BCUT2D eigenvalue weighted by molar-refractivity contribution is 7.18. The molecule has 7 heteroatoms. The van der Waals surface area contributed by atoms with Crippen molar-refractivity contribution in [2.45, 2.75) is 65.0 Å². The van der Waals surface area contributed by atoms with Crippen LogP contribution in [-0.2, 0) is 14.3 Å². The van der Waals surface area contributed by atoms with Gasteiger partial charge in [-0.2, -0.15) is 0 Å². The number of hydrogen-bond acceptors (Lipinski definition) is 6. The van der Waals surface area contributed by atoms with Crippen molar-refractivity contribution in [2.24, 2.45) is 0 Å². The molecule has 1 aliphatic rings. The van der Waals surface area contributed by atoms with Gasteiger partial charge < -0.3 is 9.47 Å². The molecule has 0 aliphatic carbocycles. The minimum Gasteiger partial charge on any atom is -0.444 e. The quantitative estimate of drug-likeness (QED) is 0.686. The van der Waals surface area contributed by atoms with Crippen LogP contribution in [0.5, 0.6) is 0 Å². The molecular formula is C21H26N2O4S. The summed E-state index contributed by atoms with van der Waals surface area (Å²) in [5, 5.41) is 0.763.